The topological polar surface area (TPSA) is 97.0 Å². The first-order valence-corrected chi connectivity index (χ1v) is 10.2. The highest BCUT2D eigenvalue weighted by Gasteiger charge is 2.36. The van der Waals surface area contributed by atoms with Gasteiger partial charge in [-0.3, -0.25) is 25.2 Å². The number of nitrogens with zero attached hydrogens (tertiary/aromatic N) is 1. The molecule has 1 aliphatic heterocycles. The fraction of sp³-hybridized carbons (Fsp3) is 0.318. The zero-order valence-corrected chi connectivity index (χ0v) is 18.2. The summed E-state index contributed by atoms with van der Waals surface area (Å²) in [6, 6.07) is 11.7. The molecule has 1 aliphatic rings. The molecule has 1 heterocycles. The summed E-state index contributed by atoms with van der Waals surface area (Å²) in [6.07, 6.45) is -0.0190. The third kappa shape index (κ3) is 5.27. The van der Waals surface area contributed by atoms with Gasteiger partial charge in [0.05, 0.1) is 29.8 Å². The fourth-order valence-corrected chi connectivity index (χ4v) is 3.48. The number of carbonyl (C=O) groups is 3. The van der Waals surface area contributed by atoms with Gasteiger partial charge in [-0.15, -0.1) is 0 Å². The summed E-state index contributed by atoms with van der Waals surface area (Å²) in [6.45, 7) is 3.95. The SMILES string of the molecule is COc1cc(C(=O)NNC(=O)C2CC(=O)N(c3ccccc3Cl)C2)ccc1OC(C)C. The van der Waals surface area contributed by atoms with E-state index in [1.807, 2.05) is 13.8 Å². The van der Waals surface area contributed by atoms with Crippen molar-refractivity contribution in [3.63, 3.8) is 0 Å². The highest BCUT2D eigenvalue weighted by Crippen LogP contribution is 2.31. The smallest absolute Gasteiger partial charge is 0.269 e. The first-order chi connectivity index (χ1) is 14.8. The van der Waals surface area contributed by atoms with Crippen molar-refractivity contribution < 1.29 is 23.9 Å². The Morgan fingerprint density at radius 3 is 2.55 bits per heavy atom. The molecule has 8 nitrogen and oxygen atoms in total. The maximum absolute atomic E-state index is 12.5. The summed E-state index contributed by atoms with van der Waals surface area (Å²) >= 11 is 6.16. The number of amides is 3. The van der Waals surface area contributed by atoms with Gasteiger partial charge in [-0.1, -0.05) is 23.7 Å². The van der Waals surface area contributed by atoms with Crippen LogP contribution in [0.2, 0.25) is 5.02 Å². The molecule has 164 valence electrons. The van der Waals surface area contributed by atoms with Gasteiger partial charge in [0, 0.05) is 18.5 Å². The maximum atomic E-state index is 12.5. The van der Waals surface area contributed by atoms with E-state index in [0.717, 1.165) is 0 Å². The Labute approximate surface area is 185 Å². The lowest BCUT2D eigenvalue weighted by atomic mass is 10.1. The average Bonchev–Trinajstić information content (AvgIpc) is 3.13. The second kappa shape index (κ2) is 9.70. The third-order valence-electron chi connectivity index (χ3n) is 4.73. The molecule has 0 radical (unpaired) electrons. The van der Waals surface area contributed by atoms with Crippen LogP contribution in [0.25, 0.3) is 0 Å². The number of nitrogens with one attached hydrogen (secondary N) is 2. The van der Waals surface area contributed by atoms with Gasteiger partial charge < -0.3 is 14.4 Å². The number of para-hydroxylation sites is 1. The molecule has 0 aromatic heterocycles. The standard InChI is InChI=1S/C22H24ClN3O5/c1-13(2)31-18-9-8-14(10-19(18)30-3)21(28)24-25-22(29)15-11-20(27)26(12-15)17-7-5-4-6-16(17)23/h4-10,13,15H,11-12H2,1-3H3,(H,24,28)(H,25,29). The van der Waals surface area contributed by atoms with Gasteiger partial charge in [0.15, 0.2) is 11.5 Å². The molecule has 2 aromatic carbocycles. The fourth-order valence-electron chi connectivity index (χ4n) is 3.24. The lowest BCUT2D eigenvalue weighted by molar-refractivity contribution is -0.126. The summed E-state index contributed by atoms with van der Waals surface area (Å²) in [4.78, 5) is 38.8. The van der Waals surface area contributed by atoms with Crippen molar-refractivity contribution in [2.45, 2.75) is 26.4 Å². The molecule has 9 heteroatoms. The van der Waals surface area contributed by atoms with Crippen molar-refractivity contribution in [3.05, 3.63) is 53.1 Å². The number of hydrogen-bond acceptors (Lipinski definition) is 5. The molecule has 0 spiro atoms. The van der Waals surface area contributed by atoms with Gasteiger partial charge in [-0.05, 0) is 44.2 Å². The van der Waals surface area contributed by atoms with E-state index in [0.29, 0.717) is 22.2 Å². The Hall–Kier alpha value is -3.26. The summed E-state index contributed by atoms with van der Waals surface area (Å²) in [5, 5.41) is 0.434. The van der Waals surface area contributed by atoms with Crippen LogP contribution in [0.15, 0.2) is 42.5 Å². The Morgan fingerprint density at radius 1 is 1.13 bits per heavy atom. The monoisotopic (exact) mass is 445 g/mol. The first kappa shape index (κ1) is 22.4. The number of rotatable bonds is 6. The van der Waals surface area contributed by atoms with E-state index in [4.69, 9.17) is 21.1 Å². The predicted molar refractivity (Wildman–Crippen MR) is 116 cm³/mol. The molecule has 1 fully saturated rings. The molecule has 31 heavy (non-hydrogen) atoms. The largest absolute Gasteiger partial charge is 0.493 e. The van der Waals surface area contributed by atoms with Crippen molar-refractivity contribution in [1.82, 2.24) is 10.9 Å². The predicted octanol–water partition coefficient (Wildman–Crippen LogP) is 2.95. The highest BCUT2D eigenvalue weighted by molar-refractivity contribution is 6.33. The van der Waals surface area contributed by atoms with Crippen molar-refractivity contribution >= 4 is 35.0 Å². The van der Waals surface area contributed by atoms with Crippen LogP contribution in [0.1, 0.15) is 30.6 Å². The van der Waals surface area contributed by atoms with Crippen molar-refractivity contribution in [1.29, 1.82) is 0 Å². The zero-order valence-electron chi connectivity index (χ0n) is 17.5. The molecule has 3 rings (SSSR count). The minimum atomic E-state index is -0.611. The molecule has 0 aliphatic carbocycles. The van der Waals surface area contributed by atoms with Gasteiger partial charge in [0.25, 0.3) is 5.91 Å². The molecule has 0 saturated carbocycles. The Balaban J connectivity index is 1.60. The van der Waals surface area contributed by atoms with E-state index in [-0.39, 0.29) is 30.5 Å². The minimum absolute atomic E-state index is 0.0297. The quantitative estimate of drug-likeness (QED) is 0.666. The Kier molecular flexibility index (Phi) is 7.02. The van der Waals surface area contributed by atoms with E-state index in [2.05, 4.69) is 10.9 Å². The lowest BCUT2D eigenvalue weighted by Crippen LogP contribution is -2.45. The Bertz CT molecular complexity index is 995. The van der Waals surface area contributed by atoms with Crippen LogP contribution >= 0.6 is 11.6 Å². The van der Waals surface area contributed by atoms with Crippen LogP contribution in [-0.2, 0) is 9.59 Å². The van der Waals surface area contributed by atoms with Crippen LogP contribution in [0.4, 0.5) is 5.69 Å². The second-order valence-corrected chi connectivity index (χ2v) is 7.74. The number of carbonyl (C=O) groups excluding carboxylic acids is 3. The number of hydrazine groups is 1. The number of ether oxygens (including phenoxy) is 2. The van der Waals surface area contributed by atoms with Gasteiger partial charge in [0.1, 0.15) is 0 Å². The molecular formula is C22H24ClN3O5. The minimum Gasteiger partial charge on any atom is -0.493 e. The lowest BCUT2D eigenvalue weighted by Gasteiger charge is -2.18. The van der Waals surface area contributed by atoms with Crippen LogP contribution in [0.3, 0.4) is 0 Å². The molecule has 1 saturated heterocycles. The van der Waals surface area contributed by atoms with E-state index >= 15 is 0 Å². The van der Waals surface area contributed by atoms with E-state index < -0.39 is 17.7 Å². The molecule has 0 bridgehead atoms. The van der Waals surface area contributed by atoms with Crippen LogP contribution in [0, 0.1) is 5.92 Å². The molecular weight excluding hydrogens is 422 g/mol. The van der Waals surface area contributed by atoms with Gasteiger partial charge in [-0.25, -0.2) is 0 Å². The summed E-state index contributed by atoms with van der Waals surface area (Å²) in [7, 11) is 1.48. The van der Waals surface area contributed by atoms with Crippen LogP contribution < -0.4 is 25.2 Å². The first-order valence-electron chi connectivity index (χ1n) is 9.80. The average molecular weight is 446 g/mol. The summed E-state index contributed by atoms with van der Waals surface area (Å²) in [5.41, 5.74) is 5.61. The Morgan fingerprint density at radius 2 is 1.87 bits per heavy atom. The molecule has 3 amide bonds. The third-order valence-corrected chi connectivity index (χ3v) is 5.05. The zero-order chi connectivity index (χ0) is 22.5. The summed E-state index contributed by atoms with van der Waals surface area (Å²) in [5.74, 6) is -0.866. The highest BCUT2D eigenvalue weighted by atomic mass is 35.5. The van der Waals surface area contributed by atoms with Crippen molar-refractivity contribution in [2.24, 2.45) is 5.92 Å². The maximum Gasteiger partial charge on any atom is 0.269 e. The van der Waals surface area contributed by atoms with Gasteiger partial charge >= 0.3 is 0 Å². The normalized spacial score (nSPS) is 15.7. The molecule has 1 unspecified atom stereocenters. The molecule has 1 atom stereocenters. The number of anilines is 1. The molecule has 2 N–H and O–H groups in total. The number of hydrogen-bond donors (Lipinski definition) is 2. The number of halogens is 1. The van der Waals surface area contributed by atoms with E-state index in [1.54, 1.807) is 36.4 Å². The van der Waals surface area contributed by atoms with E-state index in [1.165, 1.54) is 18.1 Å². The number of methoxy groups -OCH3 is 1. The van der Waals surface area contributed by atoms with Crippen LogP contribution in [-0.4, -0.2) is 37.5 Å². The second-order valence-electron chi connectivity index (χ2n) is 7.33. The number of benzene rings is 2. The van der Waals surface area contributed by atoms with Crippen molar-refractivity contribution in [2.75, 3.05) is 18.6 Å². The molecule has 2 aromatic rings. The van der Waals surface area contributed by atoms with Gasteiger partial charge in [0.2, 0.25) is 11.8 Å². The van der Waals surface area contributed by atoms with Crippen molar-refractivity contribution in [3.8, 4) is 11.5 Å². The van der Waals surface area contributed by atoms with E-state index in [9.17, 15) is 14.4 Å². The summed E-state index contributed by atoms with van der Waals surface area (Å²) < 4.78 is 10.9. The van der Waals surface area contributed by atoms with Crippen LogP contribution in [0.5, 0.6) is 11.5 Å². The van der Waals surface area contributed by atoms with Gasteiger partial charge in [-0.2, -0.15) is 0 Å².